The largest absolute Gasteiger partial charge is 0.381 e. The Balaban J connectivity index is 2.06. The summed E-state index contributed by atoms with van der Waals surface area (Å²) in [6, 6.07) is 8.62. The zero-order valence-electron chi connectivity index (χ0n) is 11.6. The highest BCUT2D eigenvalue weighted by Crippen LogP contribution is 2.15. The molecule has 0 amide bonds. The van der Waals surface area contributed by atoms with Crippen molar-refractivity contribution in [1.82, 2.24) is 9.78 Å². The molecule has 0 atom stereocenters. The highest BCUT2D eigenvalue weighted by molar-refractivity contribution is 5.45. The molecular weight excluding hydrogens is 222 g/mol. The minimum atomic E-state index is 0.830. The minimum absolute atomic E-state index is 0.830. The van der Waals surface area contributed by atoms with Crippen molar-refractivity contribution in [2.24, 2.45) is 7.05 Å². The van der Waals surface area contributed by atoms with Crippen LogP contribution in [-0.4, -0.2) is 9.78 Å². The van der Waals surface area contributed by atoms with Crippen molar-refractivity contribution < 1.29 is 0 Å². The van der Waals surface area contributed by atoms with E-state index in [1.807, 2.05) is 11.7 Å². The Morgan fingerprint density at radius 1 is 1.17 bits per heavy atom. The van der Waals surface area contributed by atoms with E-state index in [1.165, 1.54) is 16.8 Å². The van der Waals surface area contributed by atoms with E-state index in [2.05, 4.69) is 55.5 Å². The van der Waals surface area contributed by atoms with Crippen LogP contribution in [0.3, 0.4) is 0 Å². The van der Waals surface area contributed by atoms with Crippen LogP contribution in [0, 0.1) is 13.8 Å². The molecule has 3 nitrogen and oxygen atoms in total. The summed E-state index contributed by atoms with van der Waals surface area (Å²) in [7, 11) is 1.99. The summed E-state index contributed by atoms with van der Waals surface area (Å²) in [4.78, 5) is 0. The molecule has 2 rings (SSSR count). The fourth-order valence-corrected chi connectivity index (χ4v) is 2.12. The minimum Gasteiger partial charge on any atom is -0.381 e. The first kappa shape index (κ1) is 12.7. The van der Waals surface area contributed by atoms with E-state index in [0.717, 1.165) is 24.3 Å². The van der Waals surface area contributed by atoms with Gasteiger partial charge in [0.05, 0.1) is 5.69 Å². The van der Waals surface area contributed by atoms with Gasteiger partial charge in [-0.05, 0) is 38.0 Å². The number of benzene rings is 1. The van der Waals surface area contributed by atoms with Gasteiger partial charge in [0, 0.05) is 30.5 Å². The average molecular weight is 243 g/mol. The Labute approximate surface area is 109 Å². The van der Waals surface area contributed by atoms with Crippen LogP contribution in [0.1, 0.15) is 29.4 Å². The highest BCUT2D eigenvalue weighted by Gasteiger charge is 2.08. The topological polar surface area (TPSA) is 29.9 Å². The number of rotatable bonds is 4. The molecule has 1 N–H and O–H groups in total. The molecule has 0 fully saturated rings. The first-order valence-electron chi connectivity index (χ1n) is 6.43. The van der Waals surface area contributed by atoms with Crippen LogP contribution in [0.15, 0.2) is 24.3 Å². The number of anilines is 1. The van der Waals surface area contributed by atoms with Gasteiger partial charge < -0.3 is 5.32 Å². The van der Waals surface area contributed by atoms with Crippen molar-refractivity contribution in [1.29, 1.82) is 0 Å². The van der Waals surface area contributed by atoms with Gasteiger partial charge in [-0.25, -0.2) is 0 Å². The van der Waals surface area contributed by atoms with Crippen molar-refractivity contribution >= 4 is 5.69 Å². The van der Waals surface area contributed by atoms with Crippen LogP contribution in [0.5, 0.6) is 0 Å². The van der Waals surface area contributed by atoms with E-state index in [1.54, 1.807) is 0 Å². The number of hydrogen-bond donors (Lipinski definition) is 1. The lowest BCUT2D eigenvalue weighted by Gasteiger charge is -2.07. The fourth-order valence-electron chi connectivity index (χ4n) is 2.12. The van der Waals surface area contributed by atoms with Gasteiger partial charge in [0.25, 0.3) is 0 Å². The monoisotopic (exact) mass is 243 g/mol. The molecule has 2 aromatic rings. The van der Waals surface area contributed by atoms with Gasteiger partial charge in [0.2, 0.25) is 0 Å². The van der Waals surface area contributed by atoms with Crippen LogP contribution in [0.4, 0.5) is 5.69 Å². The molecule has 0 aliphatic carbocycles. The molecule has 0 unspecified atom stereocenters. The van der Waals surface area contributed by atoms with E-state index >= 15 is 0 Å². The van der Waals surface area contributed by atoms with Gasteiger partial charge >= 0.3 is 0 Å². The molecule has 0 aliphatic rings. The third-order valence-corrected chi connectivity index (χ3v) is 3.49. The lowest BCUT2D eigenvalue weighted by Crippen LogP contribution is -2.02. The second-order valence-electron chi connectivity index (χ2n) is 4.68. The first-order valence-corrected chi connectivity index (χ1v) is 6.43. The van der Waals surface area contributed by atoms with Gasteiger partial charge in [0.1, 0.15) is 0 Å². The Bertz CT molecular complexity index is 523. The lowest BCUT2D eigenvalue weighted by atomic mass is 10.1. The first-order chi connectivity index (χ1) is 8.61. The van der Waals surface area contributed by atoms with Crippen molar-refractivity contribution in [3.63, 3.8) is 0 Å². The summed E-state index contributed by atoms with van der Waals surface area (Å²) in [6.07, 6.45) is 1.08. The molecule has 0 saturated carbocycles. The maximum atomic E-state index is 4.43. The smallest absolute Gasteiger partial charge is 0.0646 e. The van der Waals surface area contributed by atoms with Gasteiger partial charge in [-0.2, -0.15) is 5.10 Å². The van der Waals surface area contributed by atoms with Crippen LogP contribution < -0.4 is 5.32 Å². The maximum absolute atomic E-state index is 4.43. The summed E-state index contributed by atoms with van der Waals surface area (Å²) >= 11 is 0. The molecule has 18 heavy (non-hydrogen) atoms. The number of aryl methyl sites for hydroxylation is 3. The number of nitrogens with zero attached hydrogens (tertiary/aromatic N) is 2. The molecule has 0 spiro atoms. The molecule has 1 heterocycles. The molecule has 1 aromatic heterocycles. The number of hydrogen-bond acceptors (Lipinski definition) is 2. The summed E-state index contributed by atoms with van der Waals surface area (Å²) in [5.74, 6) is 0. The van der Waals surface area contributed by atoms with Gasteiger partial charge in [0.15, 0.2) is 0 Å². The van der Waals surface area contributed by atoms with Crippen LogP contribution in [0.25, 0.3) is 0 Å². The predicted octanol–water partition coefficient (Wildman–Crippen LogP) is 3.21. The summed E-state index contributed by atoms with van der Waals surface area (Å²) in [5, 5.41) is 7.88. The molecule has 0 aliphatic heterocycles. The standard InChI is InChI=1S/C15H21N3/c1-5-13-6-8-14(9-7-13)16-10-15-11(2)17-18(4)12(15)3/h6-9,16H,5,10H2,1-4H3. The van der Waals surface area contributed by atoms with E-state index in [0.29, 0.717) is 0 Å². The van der Waals surface area contributed by atoms with E-state index in [4.69, 9.17) is 0 Å². The van der Waals surface area contributed by atoms with Crippen LogP contribution in [0.2, 0.25) is 0 Å². The van der Waals surface area contributed by atoms with Gasteiger partial charge in [-0.3, -0.25) is 4.68 Å². The zero-order valence-corrected chi connectivity index (χ0v) is 11.6. The van der Waals surface area contributed by atoms with E-state index < -0.39 is 0 Å². The van der Waals surface area contributed by atoms with E-state index in [9.17, 15) is 0 Å². The summed E-state index contributed by atoms with van der Waals surface area (Å²) in [5.41, 5.74) is 6.15. The molecular formula is C15H21N3. The van der Waals surface area contributed by atoms with Gasteiger partial charge in [-0.1, -0.05) is 19.1 Å². The third kappa shape index (κ3) is 2.55. The summed E-state index contributed by atoms with van der Waals surface area (Å²) in [6.45, 7) is 7.17. The Kier molecular flexibility index (Phi) is 3.70. The van der Waals surface area contributed by atoms with E-state index in [-0.39, 0.29) is 0 Å². The quantitative estimate of drug-likeness (QED) is 0.893. The zero-order chi connectivity index (χ0) is 13.1. The second kappa shape index (κ2) is 5.25. The van der Waals surface area contributed by atoms with Gasteiger partial charge in [-0.15, -0.1) is 0 Å². The SMILES string of the molecule is CCc1ccc(NCc2c(C)nn(C)c2C)cc1. The number of aromatic nitrogens is 2. The molecule has 1 aromatic carbocycles. The Hall–Kier alpha value is -1.77. The third-order valence-electron chi connectivity index (χ3n) is 3.49. The number of nitrogens with one attached hydrogen (secondary N) is 1. The van der Waals surface area contributed by atoms with Crippen molar-refractivity contribution in [2.45, 2.75) is 33.7 Å². The average Bonchev–Trinajstić information content (AvgIpc) is 2.62. The van der Waals surface area contributed by atoms with Crippen molar-refractivity contribution in [3.8, 4) is 0 Å². The summed E-state index contributed by atoms with van der Waals surface area (Å²) < 4.78 is 1.94. The molecule has 3 heteroatoms. The highest BCUT2D eigenvalue weighted by atomic mass is 15.3. The van der Waals surface area contributed by atoms with Crippen molar-refractivity contribution in [3.05, 3.63) is 46.8 Å². The maximum Gasteiger partial charge on any atom is 0.0646 e. The van der Waals surface area contributed by atoms with Crippen LogP contribution in [-0.2, 0) is 20.0 Å². The second-order valence-corrected chi connectivity index (χ2v) is 4.68. The van der Waals surface area contributed by atoms with Crippen molar-refractivity contribution in [2.75, 3.05) is 5.32 Å². The molecule has 0 radical (unpaired) electrons. The fraction of sp³-hybridized carbons (Fsp3) is 0.400. The Morgan fingerprint density at radius 2 is 1.83 bits per heavy atom. The molecule has 0 bridgehead atoms. The predicted molar refractivity (Wildman–Crippen MR) is 75.8 cm³/mol. The normalized spacial score (nSPS) is 10.7. The Morgan fingerprint density at radius 3 is 2.33 bits per heavy atom. The molecule has 0 saturated heterocycles. The van der Waals surface area contributed by atoms with Crippen LogP contribution >= 0.6 is 0 Å². The molecule has 96 valence electrons. The lowest BCUT2D eigenvalue weighted by molar-refractivity contribution is 0.730.